The van der Waals surface area contributed by atoms with Crippen molar-refractivity contribution in [3.8, 4) is 0 Å². The second-order valence-corrected chi connectivity index (χ2v) is 13.4. The monoisotopic (exact) mass is 406 g/mol. The zero-order chi connectivity index (χ0) is 19.5. The fraction of sp³-hybridized carbons (Fsp3) is 0.0400. The van der Waals surface area contributed by atoms with Crippen molar-refractivity contribution in [3.05, 3.63) is 127 Å². The Morgan fingerprint density at radius 2 is 0.893 bits per heavy atom. The van der Waals surface area contributed by atoms with E-state index < -0.39 is 5.96 Å². The van der Waals surface area contributed by atoms with E-state index in [9.17, 15) is 4.39 Å². The summed E-state index contributed by atoms with van der Waals surface area (Å²) in [5, 5.41) is 3.32. The summed E-state index contributed by atoms with van der Waals surface area (Å²) in [6.45, 7) is 0. The molecule has 4 aromatic rings. The average Bonchev–Trinajstić information content (AvgIpc) is 2.77. The first-order chi connectivity index (χ1) is 13.6. The van der Waals surface area contributed by atoms with Gasteiger partial charge in [-0.2, -0.15) is 0 Å². The molecule has 3 heteroatoms. The molecule has 0 saturated carbocycles. The molecule has 0 aromatic heterocycles. The van der Waals surface area contributed by atoms with Crippen LogP contribution in [-0.2, 0) is 6.16 Å². The first-order valence-electron chi connectivity index (χ1n) is 9.25. The molecule has 140 valence electrons. The van der Waals surface area contributed by atoms with Gasteiger partial charge in [0.05, 0.1) is 0 Å². The first kappa shape index (κ1) is 18.9. The van der Waals surface area contributed by atoms with Crippen molar-refractivity contribution in [3.63, 3.8) is 0 Å². The second-order valence-electron chi connectivity index (χ2n) is 6.97. The van der Waals surface area contributed by atoms with E-state index in [2.05, 4.69) is 36.4 Å². The molecule has 0 atom stereocenters. The van der Waals surface area contributed by atoms with Gasteiger partial charge in [-0.1, -0.05) is 0 Å². The van der Waals surface area contributed by atoms with Gasteiger partial charge in [-0.3, -0.25) is 0 Å². The minimum absolute atomic E-state index is 0.238. The number of hydrogen-bond donors (Lipinski definition) is 0. The SMILES string of the molecule is Fc1ccc(CP(Cl)(c2ccccc2)(c2ccccc2)c2ccccc2)cc1. The van der Waals surface area contributed by atoms with Gasteiger partial charge in [0.25, 0.3) is 0 Å². The van der Waals surface area contributed by atoms with E-state index in [-0.39, 0.29) is 5.82 Å². The number of benzene rings is 4. The molecule has 0 unspecified atom stereocenters. The molecule has 0 aliphatic rings. The Morgan fingerprint density at radius 1 is 0.536 bits per heavy atom. The van der Waals surface area contributed by atoms with Crippen LogP contribution >= 0.6 is 17.2 Å². The van der Waals surface area contributed by atoms with Gasteiger partial charge in [0.15, 0.2) is 0 Å². The normalized spacial score (nSPS) is 12.9. The molecule has 0 saturated heterocycles. The van der Waals surface area contributed by atoms with Crippen LogP contribution in [0.4, 0.5) is 4.39 Å². The van der Waals surface area contributed by atoms with Crippen molar-refractivity contribution < 1.29 is 4.39 Å². The second kappa shape index (κ2) is 7.51. The van der Waals surface area contributed by atoms with Crippen LogP contribution in [0.3, 0.4) is 0 Å². The molecular weight excluding hydrogens is 386 g/mol. The quantitative estimate of drug-likeness (QED) is 0.356. The van der Waals surface area contributed by atoms with Crippen molar-refractivity contribution in [1.29, 1.82) is 0 Å². The van der Waals surface area contributed by atoms with Crippen molar-refractivity contribution in [2.75, 3.05) is 0 Å². The van der Waals surface area contributed by atoms with Crippen LogP contribution in [0.2, 0.25) is 0 Å². The maximum absolute atomic E-state index is 13.6. The van der Waals surface area contributed by atoms with E-state index in [1.54, 1.807) is 0 Å². The summed E-state index contributed by atoms with van der Waals surface area (Å²) in [5.74, 6) is -3.59. The van der Waals surface area contributed by atoms with Gasteiger partial charge >= 0.3 is 170 Å². The molecule has 28 heavy (non-hydrogen) atoms. The fourth-order valence-electron chi connectivity index (χ4n) is 3.87. The molecule has 0 fully saturated rings. The Bertz CT molecular complexity index is 949. The Balaban J connectivity index is 2.07. The summed E-state index contributed by atoms with van der Waals surface area (Å²) in [6, 6.07) is 37.7. The molecule has 0 aliphatic carbocycles. The Labute approximate surface area is 170 Å². The standard InChI is InChI=1S/C25H21ClFP/c26-28(23-10-4-1-5-11-23,24-12-6-2-7-13-24,25-14-8-3-9-15-25)20-21-16-18-22(27)19-17-21/h1-19H,20H2. The van der Waals surface area contributed by atoms with Gasteiger partial charge in [-0.25, -0.2) is 0 Å². The molecule has 0 nitrogen and oxygen atoms in total. The Kier molecular flexibility index (Phi) is 5.06. The number of rotatable bonds is 5. The van der Waals surface area contributed by atoms with E-state index in [4.69, 9.17) is 11.2 Å². The zero-order valence-corrected chi connectivity index (χ0v) is 17.0. The van der Waals surface area contributed by atoms with Crippen LogP contribution in [0, 0.1) is 5.82 Å². The predicted molar refractivity (Wildman–Crippen MR) is 121 cm³/mol. The number of halogens is 2. The molecule has 0 amide bonds. The van der Waals surface area contributed by atoms with Gasteiger partial charge in [0, 0.05) is 0 Å². The molecule has 0 N–H and O–H groups in total. The molecule has 4 aromatic carbocycles. The Hall–Kier alpha value is -2.47. The molecule has 0 heterocycles. The third kappa shape index (κ3) is 3.15. The van der Waals surface area contributed by atoms with E-state index >= 15 is 0 Å². The molecule has 0 spiro atoms. The van der Waals surface area contributed by atoms with Gasteiger partial charge in [-0.15, -0.1) is 0 Å². The minimum atomic E-state index is -3.35. The molecule has 0 aliphatic heterocycles. The fourth-order valence-corrected chi connectivity index (χ4v) is 10.0. The summed E-state index contributed by atoms with van der Waals surface area (Å²) >= 11 is 7.99. The van der Waals surface area contributed by atoms with Crippen LogP contribution in [0.1, 0.15) is 5.56 Å². The topological polar surface area (TPSA) is 0 Å². The van der Waals surface area contributed by atoms with E-state index in [0.29, 0.717) is 6.16 Å². The van der Waals surface area contributed by atoms with E-state index in [1.807, 2.05) is 66.7 Å². The first-order valence-corrected chi connectivity index (χ1v) is 12.6. The zero-order valence-electron chi connectivity index (χ0n) is 15.4. The van der Waals surface area contributed by atoms with Gasteiger partial charge in [0.2, 0.25) is 0 Å². The summed E-state index contributed by atoms with van der Waals surface area (Å²) in [6.07, 6.45) is 0.617. The van der Waals surface area contributed by atoms with Crippen molar-refractivity contribution in [2.24, 2.45) is 0 Å². The third-order valence-corrected chi connectivity index (χ3v) is 12.5. The summed E-state index contributed by atoms with van der Waals surface area (Å²) in [4.78, 5) is 0. The van der Waals surface area contributed by atoms with Crippen molar-refractivity contribution in [2.45, 2.75) is 6.16 Å². The van der Waals surface area contributed by atoms with Gasteiger partial charge < -0.3 is 0 Å². The van der Waals surface area contributed by atoms with Crippen LogP contribution in [0.25, 0.3) is 0 Å². The summed E-state index contributed by atoms with van der Waals surface area (Å²) in [5.41, 5.74) is 1.02. The van der Waals surface area contributed by atoms with Crippen LogP contribution in [0.15, 0.2) is 115 Å². The van der Waals surface area contributed by atoms with E-state index in [1.165, 1.54) is 12.1 Å². The van der Waals surface area contributed by atoms with Gasteiger partial charge in [0.1, 0.15) is 0 Å². The average molecular weight is 407 g/mol. The van der Waals surface area contributed by atoms with Crippen molar-refractivity contribution >= 4 is 33.1 Å². The summed E-state index contributed by atoms with van der Waals surface area (Å²) < 4.78 is 13.6. The third-order valence-electron chi connectivity index (χ3n) is 5.28. The molecule has 4 rings (SSSR count). The Morgan fingerprint density at radius 3 is 1.25 bits per heavy atom. The van der Waals surface area contributed by atoms with Crippen LogP contribution < -0.4 is 15.9 Å². The van der Waals surface area contributed by atoms with E-state index in [0.717, 1.165) is 21.5 Å². The maximum atomic E-state index is 13.6. The van der Waals surface area contributed by atoms with Crippen molar-refractivity contribution in [1.82, 2.24) is 0 Å². The summed E-state index contributed by atoms with van der Waals surface area (Å²) in [7, 11) is 0. The number of hydrogen-bond acceptors (Lipinski definition) is 0. The molecular formula is C25H21ClFP. The van der Waals surface area contributed by atoms with Crippen LogP contribution in [0.5, 0.6) is 0 Å². The predicted octanol–water partition coefficient (Wildman–Crippen LogP) is 6.01. The molecule has 0 bridgehead atoms. The van der Waals surface area contributed by atoms with Crippen LogP contribution in [-0.4, -0.2) is 0 Å². The van der Waals surface area contributed by atoms with Gasteiger partial charge in [-0.05, 0) is 0 Å². The molecule has 0 radical (unpaired) electrons.